The van der Waals surface area contributed by atoms with Crippen LogP contribution >= 0.6 is 15.9 Å². The number of hydrogen-bond donors (Lipinski definition) is 1. The number of rotatable bonds is 6. The average molecular weight is 487 g/mol. The summed E-state index contributed by atoms with van der Waals surface area (Å²) in [7, 11) is -3.91. The van der Waals surface area contributed by atoms with E-state index in [0.29, 0.717) is 21.3 Å². The molecule has 0 saturated heterocycles. The largest absolute Gasteiger partial charge is 0.468 e. The van der Waals surface area contributed by atoms with E-state index in [0.717, 1.165) is 10.9 Å². The minimum Gasteiger partial charge on any atom is -0.468 e. The highest BCUT2D eigenvalue weighted by atomic mass is 79.9. The Morgan fingerprint density at radius 2 is 1.83 bits per heavy atom. The van der Waals surface area contributed by atoms with Crippen molar-refractivity contribution in [3.63, 3.8) is 0 Å². The Morgan fingerprint density at radius 1 is 1.03 bits per heavy atom. The Balaban J connectivity index is 1.79. The van der Waals surface area contributed by atoms with Crippen LogP contribution < -0.4 is 5.56 Å². The summed E-state index contributed by atoms with van der Waals surface area (Å²) >= 11 is 3.32. The van der Waals surface area contributed by atoms with Gasteiger partial charge in [-0.2, -0.15) is 4.31 Å². The van der Waals surface area contributed by atoms with Crippen molar-refractivity contribution >= 4 is 36.9 Å². The number of sulfonamides is 1. The second kappa shape index (κ2) is 8.22. The van der Waals surface area contributed by atoms with E-state index >= 15 is 0 Å². The van der Waals surface area contributed by atoms with Crippen LogP contribution in [-0.4, -0.2) is 17.7 Å². The molecule has 154 valence electrons. The molecule has 1 N–H and O–H groups in total. The maximum absolute atomic E-state index is 13.5. The van der Waals surface area contributed by atoms with Crippen LogP contribution in [0.1, 0.15) is 16.9 Å². The van der Waals surface area contributed by atoms with Gasteiger partial charge >= 0.3 is 0 Å². The molecule has 2 heterocycles. The van der Waals surface area contributed by atoms with Gasteiger partial charge in [0.25, 0.3) is 5.56 Å². The number of furan rings is 1. The topological polar surface area (TPSA) is 83.4 Å². The molecule has 0 fully saturated rings. The van der Waals surface area contributed by atoms with Crippen LogP contribution in [-0.2, 0) is 23.1 Å². The fourth-order valence-electron chi connectivity index (χ4n) is 3.27. The Morgan fingerprint density at radius 3 is 2.57 bits per heavy atom. The predicted molar refractivity (Wildman–Crippen MR) is 119 cm³/mol. The lowest BCUT2D eigenvalue weighted by atomic mass is 10.1. The van der Waals surface area contributed by atoms with Crippen LogP contribution in [0.3, 0.4) is 0 Å². The van der Waals surface area contributed by atoms with Gasteiger partial charge in [0.2, 0.25) is 10.0 Å². The summed E-state index contributed by atoms with van der Waals surface area (Å²) in [5, 5.41) is 0.848. The van der Waals surface area contributed by atoms with Gasteiger partial charge in [0, 0.05) is 22.1 Å². The second-order valence-corrected chi connectivity index (χ2v) is 9.76. The molecule has 0 atom stereocenters. The third-order valence-electron chi connectivity index (χ3n) is 4.79. The van der Waals surface area contributed by atoms with E-state index in [9.17, 15) is 13.2 Å². The van der Waals surface area contributed by atoms with Crippen LogP contribution in [0.5, 0.6) is 0 Å². The number of nitrogens with one attached hydrogen (secondary N) is 1. The molecular weight excluding hydrogens is 468 g/mol. The highest BCUT2D eigenvalue weighted by Crippen LogP contribution is 2.27. The van der Waals surface area contributed by atoms with Crippen LogP contribution in [0.25, 0.3) is 10.9 Å². The fourth-order valence-corrected chi connectivity index (χ4v) is 5.62. The maximum Gasteiger partial charge on any atom is 0.252 e. The van der Waals surface area contributed by atoms with E-state index in [1.165, 1.54) is 16.6 Å². The van der Waals surface area contributed by atoms with Gasteiger partial charge in [0.15, 0.2) is 0 Å². The lowest BCUT2D eigenvalue weighted by Crippen LogP contribution is -2.32. The Hall–Kier alpha value is -2.68. The molecule has 0 unspecified atom stereocenters. The molecule has 2 aromatic heterocycles. The van der Waals surface area contributed by atoms with Gasteiger partial charge in [-0.3, -0.25) is 4.79 Å². The zero-order chi connectivity index (χ0) is 21.3. The molecule has 2 aromatic carbocycles. The van der Waals surface area contributed by atoms with Crippen LogP contribution in [0, 0.1) is 6.92 Å². The van der Waals surface area contributed by atoms with E-state index in [1.807, 2.05) is 25.1 Å². The second-order valence-electron chi connectivity index (χ2n) is 7.00. The number of hydrogen-bond acceptors (Lipinski definition) is 4. The average Bonchev–Trinajstić information content (AvgIpc) is 3.21. The maximum atomic E-state index is 13.5. The van der Waals surface area contributed by atoms with Crippen molar-refractivity contribution in [3.05, 3.63) is 98.6 Å². The van der Waals surface area contributed by atoms with Crippen molar-refractivity contribution in [2.45, 2.75) is 24.9 Å². The summed E-state index contributed by atoms with van der Waals surface area (Å²) < 4.78 is 34.0. The summed E-state index contributed by atoms with van der Waals surface area (Å²) in [6.07, 6.45) is 1.49. The van der Waals surface area contributed by atoms with E-state index in [4.69, 9.17) is 4.42 Å². The summed E-state index contributed by atoms with van der Waals surface area (Å²) in [5.74, 6) is 0.485. The number of benzene rings is 2. The third-order valence-corrected chi connectivity index (χ3v) is 7.59. The number of aromatic nitrogens is 1. The van der Waals surface area contributed by atoms with Crippen molar-refractivity contribution in [3.8, 4) is 0 Å². The molecule has 0 aliphatic rings. The molecule has 30 heavy (non-hydrogen) atoms. The number of aromatic amines is 1. The Bertz CT molecular complexity index is 1360. The Labute approximate surface area is 182 Å². The highest BCUT2D eigenvalue weighted by Gasteiger charge is 2.28. The zero-order valence-electron chi connectivity index (χ0n) is 16.1. The molecule has 0 aliphatic carbocycles. The minimum absolute atomic E-state index is 0.00195. The summed E-state index contributed by atoms with van der Waals surface area (Å²) in [6.45, 7) is 1.87. The number of H-pyrrole nitrogens is 1. The molecule has 0 bridgehead atoms. The minimum atomic E-state index is -3.91. The number of pyridine rings is 1. The number of halogens is 1. The molecule has 0 saturated carbocycles. The van der Waals surface area contributed by atoms with Gasteiger partial charge in [0.05, 0.1) is 17.7 Å². The van der Waals surface area contributed by atoms with Gasteiger partial charge in [-0.05, 0) is 70.7 Å². The summed E-state index contributed by atoms with van der Waals surface area (Å²) in [6, 6.07) is 17.5. The number of aryl methyl sites for hydroxylation is 1. The lowest BCUT2D eigenvalue weighted by Gasteiger charge is -2.22. The van der Waals surface area contributed by atoms with E-state index in [-0.39, 0.29) is 23.5 Å². The van der Waals surface area contributed by atoms with Crippen molar-refractivity contribution < 1.29 is 12.8 Å². The molecule has 4 aromatic rings. The third kappa shape index (κ3) is 4.12. The van der Waals surface area contributed by atoms with E-state index in [2.05, 4.69) is 20.9 Å². The summed E-state index contributed by atoms with van der Waals surface area (Å²) in [4.78, 5) is 15.6. The standard InChI is InChI=1S/C22H19BrN2O4S/c1-15-8-9-20-16(11-15)12-17(22(26)24-20)13-25(14-18-5-4-10-29-18)30(27,28)21-7-3-2-6-19(21)23/h2-12H,13-14H2,1H3,(H,24,26). The molecular formula is C22H19BrN2O4S. The first-order valence-electron chi connectivity index (χ1n) is 9.24. The van der Waals surface area contributed by atoms with Gasteiger partial charge < -0.3 is 9.40 Å². The van der Waals surface area contributed by atoms with E-state index < -0.39 is 10.0 Å². The number of fused-ring (bicyclic) bond motifs is 1. The van der Waals surface area contributed by atoms with Crippen LogP contribution in [0.4, 0.5) is 0 Å². The SMILES string of the molecule is Cc1ccc2[nH]c(=O)c(CN(Cc3ccco3)S(=O)(=O)c3ccccc3Br)cc2c1. The molecule has 8 heteroatoms. The van der Waals surface area contributed by atoms with Crippen molar-refractivity contribution in [1.29, 1.82) is 0 Å². The lowest BCUT2D eigenvalue weighted by molar-refractivity contribution is 0.357. The van der Waals surface area contributed by atoms with Crippen LogP contribution in [0.15, 0.2) is 85.5 Å². The van der Waals surface area contributed by atoms with Crippen molar-refractivity contribution in [1.82, 2.24) is 9.29 Å². The Kier molecular flexibility index (Phi) is 5.64. The predicted octanol–water partition coefficient (Wildman–Crippen LogP) is 4.58. The number of nitrogens with zero attached hydrogens (tertiary/aromatic N) is 1. The van der Waals surface area contributed by atoms with Crippen LogP contribution in [0.2, 0.25) is 0 Å². The quantitative estimate of drug-likeness (QED) is 0.432. The highest BCUT2D eigenvalue weighted by molar-refractivity contribution is 9.10. The first-order valence-corrected chi connectivity index (χ1v) is 11.5. The smallest absolute Gasteiger partial charge is 0.252 e. The molecule has 0 spiro atoms. The summed E-state index contributed by atoms with van der Waals surface area (Å²) in [5.41, 5.74) is 1.79. The van der Waals surface area contributed by atoms with Gasteiger partial charge in [-0.25, -0.2) is 8.42 Å². The monoisotopic (exact) mass is 486 g/mol. The molecule has 0 amide bonds. The van der Waals surface area contributed by atoms with E-state index in [1.54, 1.807) is 36.4 Å². The zero-order valence-corrected chi connectivity index (χ0v) is 18.5. The first kappa shape index (κ1) is 20.6. The molecule has 6 nitrogen and oxygen atoms in total. The van der Waals surface area contributed by atoms with Gasteiger partial charge in [-0.15, -0.1) is 0 Å². The van der Waals surface area contributed by atoms with Crippen molar-refractivity contribution in [2.24, 2.45) is 0 Å². The van der Waals surface area contributed by atoms with Gasteiger partial charge in [0.1, 0.15) is 5.76 Å². The normalized spacial score (nSPS) is 12.0. The van der Waals surface area contributed by atoms with Crippen molar-refractivity contribution in [2.75, 3.05) is 0 Å². The first-order chi connectivity index (χ1) is 14.3. The molecule has 0 aliphatic heterocycles. The molecule has 4 rings (SSSR count). The molecule has 0 radical (unpaired) electrons. The van der Waals surface area contributed by atoms with Gasteiger partial charge in [-0.1, -0.05) is 23.8 Å². The fraction of sp³-hybridized carbons (Fsp3) is 0.136.